The summed E-state index contributed by atoms with van der Waals surface area (Å²) < 4.78 is 4.99. The summed E-state index contributed by atoms with van der Waals surface area (Å²) >= 11 is 2.85. The van der Waals surface area contributed by atoms with E-state index in [1.165, 1.54) is 23.1 Å². The molecule has 0 saturated heterocycles. The van der Waals surface area contributed by atoms with Gasteiger partial charge in [-0.3, -0.25) is 9.59 Å². The molecule has 1 N–H and O–H groups in total. The van der Waals surface area contributed by atoms with Gasteiger partial charge in [-0.15, -0.1) is 23.1 Å². The van der Waals surface area contributed by atoms with Gasteiger partial charge in [-0.2, -0.15) is 0 Å². The minimum atomic E-state index is -0.302. The second kappa shape index (κ2) is 7.84. The average molecular weight is 374 g/mol. The van der Waals surface area contributed by atoms with Crippen molar-refractivity contribution < 1.29 is 9.53 Å². The van der Waals surface area contributed by atoms with Crippen LogP contribution in [0.4, 0.5) is 0 Å². The summed E-state index contributed by atoms with van der Waals surface area (Å²) in [6.07, 6.45) is 0. The number of aromatic nitrogens is 2. The number of carbonyl (C=O) groups is 1. The molecule has 0 aliphatic rings. The highest BCUT2D eigenvalue weighted by molar-refractivity contribution is 7.99. The Bertz CT molecular complexity index is 934. The zero-order valence-electron chi connectivity index (χ0n) is 13.9. The van der Waals surface area contributed by atoms with Crippen molar-refractivity contribution >= 4 is 39.3 Å². The van der Waals surface area contributed by atoms with E-state index in [4.69, 9.17) is 4.74 Å². The Morgan fingerprint density at radius 3 is 2.84 bits per heavy atom. The number of ether oxygens (including phenoxy) is 1. The van der Waals surface area contributed by atoms with Gasteiger partial charge >= 0.3 is 5.97 Å². The van der Waals surface area contributed by atoms with Crippen LogP contribution < -0.4 is 5.56 Å². The molecule has 0 fully saturated rings. The van der Waals surface area contributed by atoms with Gasteiger partial charge in [0.05, 0.1) is 17.7 Å². The number of thioether (sulfide) groups is 1. The largest absolute Gasteiger partial charge is 0.465 e. The van der Waals surface area contributed by atoms with Crippen LogP contribution in [0.1, 0.15) is 19.7 Å². The second-order valence-electron chi connectivity index (χ2n) is 5.41. The Balaban J connectivity index is 1.84. The first kappa shape index (κ1) is 17.7. The lowest BCUT2D eigenvalue weighted by molar-refractivity contribution is -0.142. The van der Waals surface area contributed by atoms with Gasteiger partial charge in [-0.25, -0.2) is 4.98 Å². The number of fused-ring (bicyclic) bond motifs is 1. The van der Waals surface area contributed by atoms with Crippen molar-refractivity contribution in [3.63, 3.8) is 0 Å². The van der Waals surface area contributed by atoms with Crippen molar-refractivity contribution in [2.24, 2.45) is 0 Å². The third-order valence-corrected chi connectivity index (χ3v) is 5.67. The fourth-order valence-corrected chi connectivity index (χ4v) is 4.14. The van der Waals surface area contributed by atoms with Gasteiger partial charge in [-0.05, 0) is 19.4 Å². The molecule has 1 atom stereocenters. The van der Waals surface area contributed by atoms with Gasteiger partial charge in [0, 0.05) is 10.9 Å². The Morgan fingerprint density at radius 2 is 2.12 bits per heavy atom. The maximum absolute atomic E-state index is 12.5. The van der Waals surface area contributed by atoms with E-state index in [0.29, 0.717) is 28.4 Å². The Kier molecular flexibility index (Phi) is 5.55. The first-order chi connectivity index (χ1) is 12.1. The highest BCUT2D eigenvalue weighted by atomic mass is 32.2. The van der Waals surface area contributed by atoms with E-state index in [-0.39, 0.29) is 16.8 Å². The minimum absolute atomic E-state index is 0.149. The maximum atomic E-state index is 12.5. The van der Waals surface area contributed by atoms with Gasteiger partial charge < -0.3 is 9.72 Å². The van der Waals surface area contributed by atoms with E-state index < -0.39 is 0 Å². The molecule has 0 saturated carbocycles. The first-order valence-electron chi connectivity index (χ1n) is 7.94. The second-order valence-corrected chi connectivity index (χ2v) is 7.60. The summed E-state index contributed by atoms with van der Waals surface area (Å²) in [6, 6.07) is 9.79. The van der Waals surface area contributed by atoms with Crippen LogP contribution in [0.3, 0.4) is 0 Å². The van der Waals surface area contributed by atoms with Crippen molar-refractivity contribution in [3.05, 3.63) is 51.9 Å². The predicted octanol–water partition coefficient (Wildman–Crippen LogP) is 3.84. The smallest absolute Gasteiger partial charge is 0.318 e. The lowest BCUT2D eigenvalue weighted by Crippen LogP contribution is -2.18. The summed E-state index contributed by atoms with van der Waals surface area (Å²) in [5.74, 6) is 0.766. The van der Waals surface area contributed by atoms with Crippen LogP contribution in [0.2, 0.25) is 0 Å². The van der Waals surface area contributed by atoms with E-state index >= 15 is 0 Å². The van der Waals surface area contributed by atoms with Crippen molar-refractivity contribution in [2.75, 3.05) is 6.61 Å². The molecular formula is C18H18N2O3S2. The molecule has 2 heterocycles. The number of nitrogens with one attached hydrogen (secondary N) is 1. The predicted molar refractivity (Wildman–Crippen MR) is 103 cm³/mol. The average Bonchev–Trinajstić information content (AvgIpc) is 3.05. The lowest BCUT2D eigenvalue weighted by Gasteiger charge is -2.09. The first-order valence-corrected chi connectivity index (χ1v) is 9.87. The fraction of sp³-hybridized carbons (Fsp3) is 0.278. The normalized spacial score (nSPS) is 12.2. The van der Waals surface area contributed by atoms with Crippen LogP contribution in [-0.2, 0) is 15.3 Å². The Hall–Kier alpha value is -2.12. The number of H-pyrrole nitrogens is 1. The summed E-state index contributed by atoms with van der Waals surface area (Å²) in [4.78, 5) is 32.3. The summed E-state index contributed by atoms with van der Waals surface area (Å²) in [7, 11) is 0. The van der Waals surface area contributed by atoms with E-state index in [2.05, 4.69) is 9.97 Å². The number of benzene rings is 1. The highest BCUT2D eigenvalue weighted by Gasteiger charge is 2.17. The highest BCUT2D eigenvalue weighted by Crippen LogP contribution is 2.30. The standard InChI is InChI=1S/C18H18N2O3S2/c1-3-23-18(22)11(2)24-10-14-19-16(21)15-13(9-25-17(15)20-14)12-7-5-4-6-8-12/h4-9,11H,3,10H2,1-2H3,(H,19,20,21). The van der Waals surface area contributed by atoms with Crippen LogP contribution >= 0.6 is 23.1 Å². The number of hydrogen-bond donors (Lipinski definition) is 1. The van der Waals surface area contributed by atoms with Gasteiger partial charge in [-0.1, -0.05) is 30.3 Å². The third kappa shape index (κ3) is 3.93. The number of nitrogens with zero attached hydrogens (tertiary/aromatic N) is 1. The molecule has 130 valence electrons. The molecule has 0 spiro atoms. The van der Waals surface area contributed by atoms with E-state index in [9.17, 15) is 9.59 Å². The molecule has 2 aromatic heterocycles. The fourth-order valence-electron chi connectivity index (χ4n) is 2.42. The Morgan fingerprint density at radius 1 is 1.36 bits per heavy atom. The molecule has 5 nitrogen and oxygen atoms in total. The zero-order valence-corrected chi connectivity index (χ0v) is 15.6. The molecule has 1 unspecified atom stereocenters. The van der Waals surface area contributed by atoms with Crippen molar-refractivity contribution in [3.8, 4) is 11.1 Å². The van der Waals surface area contributed by atoms with Gasteiger partial charge in [0.15, 0.2) is 0 Å². The summed E-state index contributed by atoms with van der Waals surface area (Å²) in [5, 5.41) is 2.27. The van der Waals surface area contributed by atoms with E-state index in [1.54, 1.807) is 13.8 Å². The maximum Gasteiger partial charge on any atom is 0.318 e. The SMILES string of the molecule is CCOC(=O)C(C)SCc1nc2scc(-c3ccccc3)c2c(=O)[nH]1. The molecule has 3 aromatic rings. The van der Waals surface area contributed by atoms with Crippen LogP contribution in [0, 0.1) is 0 Å². The molecule has 7 heteroatoms. The van der Waals surface area contributed by atoms with Gasteiger partial charge in [0.2, 0.25) is 0 Å². The molecule has 0 aliphatic heterocycles. The van der Waals surface area contributed by atoms with Crippen molar-refractivity contribution in [1.82, 2.24) is 9.97 Å². The van der Waals surface area contributed by atoms with Crippen LogP contribution in [0.5, 0.6) is 0 Å². The van der Waals surface area contributed by atoms with Crippen LogP contribution in [0.25, 0.3) is 21.3 Å². The number of carbonyl (C=O) groups excluding carboxylic acids is 1. The molecule has 0 radical (unpaired) electrons. The van der Waals surface area contributed by atoms with Crippen LogP contribution in [0.15, 0.2) is 40.5 Å². The number of rotatable bonds is 6. The van der Waals surface area contributed by atoms with E-state index in [1.807, 2.05) is 35.7 Å². The lowest BCUT2D eigenvalue weighted by atomic mass is 10.1. The number of thiophene rings is 1. The summed E-state index contributed by atoms with van der Waals surface area (Å²) in [6.45, 7) is 3.93. The van der Waals surface area contributed by atoms with Crippen molar-refractivity contribution in [1.29, 1.82) is 0 Å². The number of hydrogen-bond acceptors (Lipinski definition) is 6. The van der Waals surface area contributed by atoms with Gasteiger partial charge in [0.1, 0.15) is 15.9 Å². The number of aromatic amines is 1. The molecule has 1 aromatic carbocycles. The summed E-state index contributed by atoms with van der Waals surface area (Å²) in [5.41, 5.74) is 1.75. The molecule has 25 heavy (non-hydrogen) atoms. The molecule has 0 amide bonds. The third-order valence-electron chi connectivity index (χ3n) is 3.67. The topological polar surface area (TPSA) is 72.0 Å². The molecule has 0 aliphatic carbocycles. The quantitative estimate of drug-likeness (QED) is 0.664. The molecular weight excluding hydrogens is 356 g/mol. The Labute approximate surface area is 153 Å². The molecule has 3 rings (SSSR count). The zero-order chi connectivity index (χ0) is 17.8. The minimum Gasteiger partial charge on any atom is -0.465 e. The van der Waals surface area contributed by atoms with E-state index in [0.717, 1.165) is 11.1 Å². The number of esters is 1. The van der Waals surface area contributed by atoms with Gasteiger partial charge in [0.25, 0.3) is 5.56 Å². The molecule has 0 bridgehead atoms. The van der Waals surface area contributed by atoms with Crippen molar-refractivity contribution in [2.45, 2.75) is 24.9 Å². The monoisotopic (exact) mass is 374 g/mol. The van der Waals surface area contributed by atoms with Crippen LogP contribution in [-0.4, -0.2) is 27.8 Å².